The van der Waals surface area contributed by atoms with Crippen molar-refractivity contribution in [1.29, 1.82) is 0 Å². The summed E-state index contributed by atoms with van der Waals surface area (Å²) in [6.45, 7) is 5.59. The van der Waals surface area contributed by atoms with E-state index >= 15 is 0 Å². The molecule has 3 rings (SSSR count). The van der Waals surface area contributed by atoms with Crippen LogP contribution < -0.4 is 5.32 Å². The molecule has 136 valence electrons. The van der Waals surface area contributed by atoms with Crippen molar-refractivity contribution in [1.82, 2.24) is 15.1 Å². The predicted molar refractivity (Wildman–Crippen MR) is 110 cm³/mol. The third-order valence-electron chi connectivity index (χ3n) is 3.78. The van der Waals surface area contributed by atoms with Crippen LogP contribution in [0.15, 0.2) is 58.3 Å². The van der Waals surface area contributed by atoms with E-state index in [4.69, 9.17) is 0 Å². The van der Waals surface area contributed by atoms with Crippen molar-refractivity contribution in [2.45, 2.75) is 37.0 Å². The van der Waals surface area contributed by atoms with Gasteiger partial charge in [-0.2, -0.15) is 16.4 Å². The Kier molecular flexibility index (Phi) is 6.52. The number of nitrogens with one attached hydrogen (secondary N) is 1. The maximum atomic E-state index is 12.1. The van der Waals surface area contributed by atoms with Crippen LogP contribution in [0.3, 0.4) is 0 Å². The number of rotatable bonds is 8. The molecule has 0 saturated heterocycles. The van der Waals surface area contributed by atoms with Gasteiger partial charge in [-0.25, -0.2) is 0 Å². The second kappa shape index (κ2) is 9.05. The van der Waals surface area contributed by atoms with Crippen molar-refractivity contribution in [3.63, 3.8) is 0 Å². The quantitative estimate of drug-likeness (QED) is 0.582. The highest BCUT2D eigenvalue weighted by atomic mass is 32.2. The Morgan fingerprint density at radius 2 is 2.04 bits per heavy atom. The van der Waals surface area contributed by atoms with Crippen molar-refractivity contribution in [3.05, 3.63) is 58.9 Å². The van der Waals surface area contributed by atoms with Crippen molar-refractivity contribution < 1.29 is 4.79 Å². The summed E-state index contributed by atoms with van der Waals surface area (Å²) in [6.07, 6.45) is 2.36. The van der Waals surface area contributed by atoms with Gasteiger partial charge in [-0.1, -0.05) is 26.0 Å². The number of nitrogens with zero attached hydrogens (tertiary/aromatic N) is 2. The van der Waals surface area contributed by atoms with Crippen LogP contribution in [0.2, 0.25) is 0 Å². The molecule has 0 spiro atoms. The number of amides is 1. The average molecular weight is 386 g/mol. The van der Waals surface area contributed by atoms with Crippen LogP contribution in [-0.2, 0) is 17.8 Å². The molecule has 0 aliphatic rings. The van der Waals surface area contributed by atoms with E-state index in [1.54, 1.807) is 11.3 Å². The van der Waals surface area contributed by atoms with Gasteiger partial charge in [0.25, 0.3) is 0 Å². The van der Waals surface area contributed by atoms with Crippen LogP contribution in [0.5, 0.6) is 0 Å². The Labute approximate surface area is 162 Å². The molecule has 0 aliphatic heterocycles. The second-order valence-corrected chi connectivity index (χ2v) is 8.74. The third kappa shape index (κ3) is 5.47. The number of hydrogen-bond acceptors (Lipinski definition) is 4. The zero-order chi connectivity index (χ0) is 18.4. The van der Waals surface area contributed by atoms with Crippen LogP contribution in [0, 0.1) is 0 Å². The molecule has 0 saturated carbocycles. The van der Waals surface area contributed by atoms with E-state index in [0.717, 1.165) is 16.8 Å². The fourth-order valence-corrected chi connectivity index (χ4v) is 4.05. The number of thioether (sulfide) groups is 1. The van der Waals surface area contributed by atoms with Crippen molar-refractivity contribution in [2.75, 3.05) is 6.54 Å². The zero-order valence-corrected chi connectivity index (χ0v) is 16.6. The minimum Gasteiger partial charge on any atom is -0.354 e. The molecule has 0 aliphatic carbocycles. The van der Waals surface area contributed by atoms with Crippen molar-refractivity contribution in [2.24, 2.45) is 0 Å². The first-order valence-corrected chi connectivity index (χ1v) is 10.5. The van der Waals surface area contributed by atoms with Gasteiger partial charge >= 0.3 is 0 Å². The minimum absolute atomic E-state index is 0.0412. The van der Waals surface area contributed by atoms with Gasteiger partial charge in [0.15, 0.2) is 0 Å². The summed E-state index contributed by atoms with van der Waals surface area (Å²) in [5, 5.41) is 12.2. The highest BCUT2D eigenvalue weighted by molar-refractivity contribution is 7.99. The van der Waals surface area contributed by atoms with E-state index in [1.807, 2.05) is 46.2 Å². The Morgan fingerprint density at radius 1 is 1.23 bits per heavy atom. The Morgan fingerprint density at radius 3 is 2.73 bits per heavy atom. The average Bonchev–Trinajstić information content (AvgIpc) is 3.27. The van der Waals surface area contributed by atoms with Gasteiger partial charge in [0.05, 0.1) is 18.7 Å². The fraction of sp³-hybridized carbons (Fsp3) is 0.300. The van der Waals surface area contributed by atoms with E-state index in [9.17, 15) is 4.79 Å². The molecular weight excluding hydrogens is 362 g/mol. The molecule has 1 aromatic carbocycles. The molecule has 2 aromatic heterocycles. The summed E-state index contributed by atoms with van der Waals surface area (Å²) in [5.74, 6) is 0.0412. The lowest BCUT2D eigenvalue weighted by Crippen LogP contribution is -2.28. The van der Waals surface area contributed by atoms with Crippen LogP contribution in [0.25, 0.3) is 11.3 Å². The summed E-state index contributed by atoms with van der Waals surface area (Å²) >= 11 is 3.49. The van der Waals surface area contributed by atoms with Gasteiger partial charge in [0.2, 0.25) is 5.91 Å². The van der Waals surface area contributed by atoms with Crippen LogP contribution >= 0.6 is 23.1 Å². The van der Waals surface area contributed by atoms with E-state index in [2.05, 4.69) is 47.8 Å². The van der Waals surface area contributed by atoms with Crippen LogP contribution in [0.4, 0.5) is 0 Å². The molecule has 0 atom stereocenters. The van der Waals surface area contributed by atoms with Crippen molar-refractivity contribution in [3.8, 4) is 11.3 Å². The number of carbonyl (C=O) groups is 1. The van der Waals surface area contributed by atoms with E-state index in [1.165, 1.54) is 4.90 Å². The number of aromatic nitrogens is 2. The van der Waals surface area contributed by atoms with Gasteiger partial charge in [-0.3, -0.25) is 9.48 Å². The van der Waals surface area contributed by atoms with Gasteiger partial charge in [-0.05, 0) is 35.2 Å². The third-order valence-corrected chi connectivity index (χ3v) is 5.48. The van der Waals surface area contributed by atoms with Gasteiger partial charge in [0.1, 0.15) is 0 Å². The monoisotopic (exact) mass is 385 g/mol. The standard InChI is InChI=1S/C20H23N3OS2/c1-15(2)26-18-5-3-16(4-6-18)13-20(24)21-9-11-23-10-7-19(22-23)17-8-12-25-14-17/h3-8,10,12,14-15H,9,11,13H2,1-2H3,(H,21,24). The normalized spacial score (nSPS) is 11.0. The molecule has 2 heterocycles. The summed E-state index contributed by atoms with van der Waals surface area (Å²) in [4.78, 5) is 13.4. The highest BCUT2D eigenvalue weighted by Crippen LogP contribution is 2.23. The topological polar surface area (TPSA) is 46.9 Å². The largest absolute Gasteiger partial charge is 0.354 e. The lowest BCUT2D eigenvalue weighted by molar-refractivity contribution is -0.120. The predicted octanol–water partition coefficient (Wildman–Crippen LogP) is 4.47. The molecule has 4 nitrogen and oxygen atoms in total. The first-order chi connectivity index (χ1) is 12.6. The molecular formula is C20H23N3OS2. The minimum atomic E-state index is 0.0412. The van der Waals surface area contributed by atoms with Gasteiger partial charge < -0.3 is 5.32 Å². The van der Waals surface area contributed by atoms with E-state index in [0.29, 0.717) is 24.8 Å². The number of hydrogen-bond donors (Lipinski definition) is 1. The maximum Gasteiger partial charge on any atom is 0.224 e. The number of thiophene rings is 1. The smallest absolute Gasteiger partial charge is 0.224 e. The summed E-state index contributed by atoms with van der Waals surface area (Å²) in [5.41, 5.74) is 3.14. The summed E-state index contributed by atoms with van der Waals surface area (Å²) in [7, 11) is 0. The van der Waals surface area contributed by atoms with E-state index in [-0.39, 0.29) is 5.91 Å². The van der Waals surface area contributed by atoms with Gasteiger partial charge in [0, 0.05) is 33.8 Å². The Balaban J connectivity index is 1.43. The number of benzene rings is 1. The van der Waals surface area contributed by atoms with E-state index < -0.39 is 0 Å². The molecule has 3 aromatic rings. The summed E-state index contributed by atoms with van der Waals surface area (Å²) in [6, 6.07) is 12.3. The lowest BCUT2D eigenvalue weighted by atomic mass is 10.1. The van der Waals surface area contributed by atoms with Crippen LogP contribution in [0.1, 0.15) is 19.4 Å². The maximum absolute atomic E-state index is 12.1. The fourth-order valence-electron chi connectivity index (χ4n) is 2.57. The van der Waals surface area contributed by atoms with Crippen LogP contribution in [-0.4, -0.2) is 27.5 Å². The van der Waals surface area contributed by atoms with Gasteiger partial charge in [-0.15, -0.1) is 11.8 Å². The molecule has 0 bridgehead atoms. The summed E-state index contributed by atoms with van der Waals surface area (Å²) < 4.78 is 1.87. The Hall–Kier alpha value is -2.05. The first kappa shape index (κ1) is 18.7. The molecule has 6 heteroatoms. The molecule has 1 N–H and O–H groups in total. The Bertz CT molecular complexity index is 823. The molecule has 0 fully saturated rings. The SMILES string of the molecule is CC(C)Sc1ccc(CC(=O)NCCn2ccc(-c3ccsc3)n2)cc1. The zero-order valence-electron chi connectivity index (χ0n) is 15.0. The second-order valence-electron chi connectivity index (χ2n) is 6.31. The first-order valence-electron chi connectivity index (χ1n) is 8.68. The molecule has 26 heavy (non-hydrogen) atoms. The molecule has 1 amide bonds. The number of carbonyl (C=O) groups excluding carboxylic acids is 1. The van der Waals surface area contributed by atoms with Crippen molar-refractivity contribution >= 4 is 29.0 Å². The lowest BCUT2D eigenvalue weighted by Gasteiger charge is -2.07. The molecule has 0 radical (unpaired) electrons. The highest BCUT2D eigenvalue weighted by Gasteiger charge is 2.06. The molecule has 0 unspecified atom stereocenters.